The predicted molar refractivity (Wildman–Crippen MR) is 69.2 cm³/mol. The summed E-state index contributed by atoms with van der Waals surface area (Å²) in [5, 5.41) is 0. The molecule has 2 rings (SSSR count). The van der Waals surface area contributed by atoms with Crippen LogP contribution in [0.15, 0.2) is 35.6 Å². The van der Waals surface area contributed by atoms with Crippen LogP contribution < -0.4 is 0 Å². The number of esters is 2. The van der Waals surface area contributed by atoms with E-state index >= 15 is 0 Å². The van der Waals surface area contributed by atoms with Crippen molar-refractivity contribution in [2.24, 2.45) is 0 Å². The summed E-state index contributed by atoms with van der Waals surface area (Å²) < 4.78 is 23.9. The van der Waals surface area contributed by atoms with E-state index in [9.17, 15) is 14.0 Å². The molecule has 1 aliphatic rings. The number of benzene rings is 1. The first kappa shape index (κ1) is 14.2. The largest absolute Gasteiger partial charge is 0.463 e. The van der Waals surface area contributed by atoms with Gasteiger partial charge in [0, 0.05) is 5.92 Å². The van der Waals surface area contributed by atoms with Crippen LogP contribution in [0.2, 0.25) is 0 Å². The van der Waals surface area contributed by atoms with Crippen LogP contribution >= 0.6 is 0 Å². The van der Waals surface area contributed by atoms with Gasteiger partial charge in [-0.3, -0.25) is 4.79 Å². The molecule has 1 aromatic rings. The first-order valence-electron chi connectivity index (χ1n) is 6.37. The highest BCUT2D eigenvalue weighted by Crippen LogP contribution is 2.36. The summed E-state index contributed by atoms with van der Waals surface area (Å²) in [6, 6.07) is 6.08. The molecule has 1 atom stereocenters. The summed E-state index contributed by atoms with van der Waals surface area (Å²) in [5.74, 6) is -2.01. The summed E-state index contributed by atoms with van der Waals surface area (Å²) in [4.78, 5) is 23.6. The second-order valence-electron chi connectivity index (χ2n) is 4.44. The quantitative estimate of drug-likeness (QED) is 0.798. The lowest BCUT2D eigenvalue weighted by atomic mass is 9.85. The first-order valence-corrected chi connectivity index (χ1v) is 6.37. The van der Waals surface area contributed by atoms with Gasteiger partial charge in [-0.05, 0) is 25.5 Å². The number of allylic oxidation sites excluding steroid dienone is 1. The Morgan fingerprint density at radius 3 is 2.80 bits per heavy atom. The lowest BCUT2D eigenvalue weighted by molar-refractivity contribution is -0.144. The van der Waals surface area contributed by atoms with E-state index in [1.165, 1.54) is 13.0 Å². The summed E-state index contributed by atoms with van der Waals surface area (Å²) in [5.41, 5.74) is 0.503. The Labute approximate surface area is 116 Å². The van der Waals surface area contributed by atoms with E-state index in [1.807, 2.05) is 0 Å². The van der Waals surface area contributed by atoms with E-state index in [2.05, 4.69) is 0 Å². The zero-order chi connectivity index (χ0) is 14.7. The van der Waals surface area contributed by atoms with Crippen molar-refractivity contribution in [3.8, 4) is 0 Å². The second-order valence-corrected chi connectivity index (χ2v) is 4.44. The maximum Gasteiger partial charge on any atom is 0.338 e. The fraction of sp³-hybridized carbons (Fsp3) is 0.333. The predicted octanol–water partition coefficient (Wildman–Crippen LogP) is 2.69. The Morgan fingerprint density at radius 1 is 1.45 bits per heavy atom. The minimum Gasteiger partial charge on any atom is -0.463 e. The van der Waals surface area contributed by atoms with Gasteiger partial charge in [-0.25, -0.2) is 9.18 Å². The van der Waals surface area contributed by atoms with Crippen molar-refractivity contribution in [2.75, 3.05) is 6.61 Å². The molecule has 106 valence electrons. The molecule has 0 fully saturated rings. The van der Waals surface area contributed by atoms with Gasteiger partial charge in [0.2, 0.25) is 0 Å². The van der Waals surface area contributed by atoms with E-state index in [1.54, 1.807) is 25.1 Å². The molecule has 0 saturated carbocycles. The monoisotopic (exact) mass is 278 g/mol. The van der Waals surface area contributed by atoms with E-state index < -0.39 is 23.7 Å². The number of hydrogen-bond acceptors (Lipinski definition) is 4. The maximum absolute atomic E-state index is 13.9. The third-order valence-corrected chi connectivity index (χ3v) is 3.14. The molecule has 0 bridgehead atoms. The zero-order valence-electron chi connectivity index (χ0n) is 11.3. The van der Waals surface area contributed by atoms with Crippen LogP contribution in [-0.4, -0.2) is 18.5 Å². The van der Waals surface area contributed by atoms with E-state index in [-0.39, 0.29) is 24.4 Å². The number of hydrogen-bond donors (Lipinski definition) is 0. The van der Waals surface area contributed by atoms with Gasteiger partial charge in [0.1, 0.15) is 11.6 Å². The minimum atomic E-state index is -0.670. The average molecular weight is 278 g/mol. The molecule has 0 spiro atoms. The van der Waals surface area contributed by atoms with Gasteiger partial charge in [-0.15, -0.1) is 0 Å². The lowest BCUT2D eigenvalue weighted by Crippen LogP contribution is -2.26. The number of halogens is 1. The molecular weight excluding hydrogens is 263 g/mol. The molecule has 0 saturated heterocycles. The summed E-state index contributed by atoms with van der Waals surface area (Å²) in [6.45, 7) is 3.39. The van der Waals surface area contributed by atoms with Crippen LogP contribution in [0.1, 0.15) is 31.7 Å². The van der Waals surface area contributed by atoms with Crippen molar-refractivity contribution in [1.82, 2.24) is 0 Å². The van der Waals surface area contributed by atoms with Crippen molar-refractivity contribution < 1.29 is 23.5 Å². The van der Waals surface area contributed by atoms with E-state index in [4.69, 9.17) is 9.47 Å². The Morgan fingerprint density at radius 2 is 2.15 bits per heavy atom. The van der Waals surface area contributed by atoms with Crippen LogP contribution in [0.3, 0.4) is 0 Å². The Hall–Kier alpha value is -2.17. The number of carbonyl (C=O) groups excluding carboxylic acids is 2. The molecule has 0 aliphatic carbocycles. The molecule has 1 aromatic carbocycles. The van der Waals surface area contributed by atoms with Crippen molar-refractivity contribution in [1.29, 1.82) is 0 Å². The second kappa shape index (κ2) is 5.86. The molecule has 0 N–H and O–H groups in total. The highest BCUT2D eigenvalue weighted by molar-refractivity contribution is 5.93. The number of rotatable bonds is 3. The van der Waals surface area contributed by atoms with Gasteiger partial charge in [0.05, 0.1) is 18.6 Å². The lowest BCUT2D eigenvalue weighted by Gasteiger charge is -2.25. The van der Waals surface area contributed by atoms with Gasteiger partial charge in [0.15, 0.2) is 0 Å². The van der Waals surface area contributed by atoms with Gasteiger partial charge >= 0.3 is 11.9 Å². The van der Waals surface area contributed by atoms with Gasteiger partial charge < -0.3 is 9.47 Å². The first-order chi connectivity index (χ1) is 9.54. The molecule has 0 radical (unpaired) electrons. The molecule has 5 heteroatoms. The summed E-state index contributed by atoms with van der Waals surface area (Å²) in [7, 11) is 0. The van der Waals surface area contributed by atoms with Gasteiger partial charge in [-0.2, -0.15) is 0 Å². The van der Waals surface area contributed by atoms with E-state index in [0.717, 1.165) is 0 Å². The average Bonchev–Trinajstić information content (AvgIpc) is 2.38. The van der Waals surface area contributed by atoms with Crippen LogP contribution in [0.5, 0.6) is 0 Å². The summed E-state index contributed by atoms with van der Waals surface area (Å²) >= 11 is 0. The fourth-order valence-electron chi connectivity index (χ4n) is 2.30. The molecule has 20 heavy (non-hydrogen) atoms. The highest BCUT2D eigenvalue weighted by Gasteiger charge is 2.35. The Bertz CT molecular complexity index is 577. The SMILES string of the molecule is CCOC(=O)C1=C(C)OC(=O)C[C@@H]1c1ccccc1F. The highest BCUT2D eigenvalue weighted by atomic mass is 19.1. The van der Waals surface area contributed by atoms with Crippen LogP contribution in [-0.2, 0) is 19.1 Å². The van der Waals surface area contributed by atoms with E-state index in [0.29, 0.717) is 5.56 Å². The Kier molecular flexibility index (Phi) is 4.17. The fourth-order valence-corrected chi connectivity index (χ4v) is 2.30. The number of cyclic esters (lactones) is 1. The van der Waals surface area contributed by atoms with Crippen LogP contribution in [0, 0.1) is 5.82 Å². The smallest absolute Gasteiger partial charge is 0.338 e. The molecule has 0 aromatic heterocycles. The third kappa shape index (κ3) is 2.71. The zero-order valence-corrected chi connectivity index (χ0v) is 11.3. The maximum atomic E-state index is 13.9. The molecular formula is C15H15FO4. The molecule has 1 aliphatic heterocycles. The number of carbonyl (C=O) groups is 2. The van der Waals surface area contributed by atoms with Crippen LogP contribution in [0.4, 0.5) is 4.39 Å². The Balaban J connectivity index is 2.48. The van der Waals surface area contributed by atoms with Gasteiger partial charge in [-0.1, -0.05) is 18.2 Å². The topological polar surface area (TPSA) is 52.6 Å². The molecule has 0 unspecified atom stereocenters. The summed E-state index contributed by atoms with van der Waals surface area (Å²) in [6.07, 6.45) is -0.0770. The van der Waals surface area contributed by atoms with Crippen molar-refractivity contribution >= 4 is 11.9 Å². The molecule has 1 heterocycles. The third-order valence-electron chi connectivity index (χ3n) is 3.14. The van der Waals surface area contributed by atoms with Crippen molar-refractivity contribution in [3.63, 3.8) is 0 Å². The van der Waals surface area contributed by atoms with Gasteiger partial charge in [0.25, 0.3) is 0 Å². The van der Waals surface area contributed by atoms with Crippen molar-refractivity contribution in [2.45, 2.75) is 26.2 Å². The molecule has 4 nitrogen and oxygen atoms in total. The van der Waals surface area contributed by atoms with Crippen molar-refractivity contribution in [3.05, 3.63) is 47.0 Å². The standard InChI is InChI=1S/C15H15FO4/c1-3-19-15(18)14-9(2)20-13(17)8-11(14)10-6-4-5-7-12(10)16/h4-7,11H,3,8H2,1-2H3/t11-/m1/s1. The normalized spacial score (nSPS) is 18.8. The number of ether oxygens (including phenoxy) is 2. The minimum absolute atomic E-state index is 0.0770. The molecule has 0 amide bonds. The van der Waals surface area contributed by atoms with Crippen LogP contribution in [0.25, 0.3) is 0 Å².